The molecule has 4 rings (SSSR count). The second-order valence-corrected chi connectivity index (χ2v) is 6.94. The van der Waals surface area contributed by atoms with Crippen molar-refractivity contribution >= 4 is 39.5 Å². The predicted molar refractivity (Wildman–Crippen MR) is 106 cm³/mol. The topological polar surface area (TPSA) is 37.8 Å². The molecule has 0 saturated heterocycles. The van der Waals surface area contributed by atoms with E-state index in [4.69, 9.17) is 11.6 Å². The van der Waals surface area contributed by atoms with Gasteiger partial charge in [-0.05, 0) is 24.3 Å². The van der Waals surface area contributed by atoms with Crippen LogP contribution in [-0.2, 0) is 6.18 Å². The highest BCUT2D eigenvalue weighted by molar-refractivity contribution is 6.31. The van der Waals surface area contributed by atoms with Crippen LogP contribution in [0.1, 0.15) is 17.7 Å². The fourth-order valence-electron chi connectivity index (χ4n) is 3.18. The van der Waals surface area contributed by atoms with Gasteiger partial charge >= 0.3 is 6.18 Å². The van der Waals surface area contributed by atoms with Gasteiger partial charge in [0.15, 0.2) is 0 Å². The summed E-state index contributed by atoms with van der Waals surface area (Å²) in [6.45, 7) is 0. The highest BCUT2D eigenvalue weighted by Crippen LogP contribution is 2.38. The minimum absolute atomic E-state index is 0.116. The van der Waals surface area contributed by atoms with Crippen LogP contribution in [-0.4, -0.2) is 16.1 Å². The number of hydrogen-bond donors (Lipinski definition) is 1. The molecule has 3 nitrogen and oxygen atoms in total. The van der Waals surface area contributed by atoms with Crippen LogP contribution >= 0.6 is 11.6 Å². The van der Waals surface area contributed by atoms with Crippen molar-refractivity contribution in [3.63, 3.8) is 0 Å². The van der Waals surface area contributed by atoms with Crippen molar-refractivity contribution in [3.8, 4) is 0 Å². The monoisotopic (exact) mass is 419 g/mol. The number of fused-ring (bicyclic) bond motifs is 1. The lowest BCUT2D eigenvalue weighted by Crippen LogP contribution is -2.11. The zero-order chi connectivity index (χ0) is 20.6. The summed E-state index contributed by atoms with van der Waals surface area (Å²) in [5.41, 5.74) is 0.454. The van der Waals surface area contributed by atoms with Gasteiger partial charge in [-0.3, -0.25) is 4.98 Å². The van der Waals surface area contributed by atoms with Gasteiger partial charge in [-0.2, -0.15) is 13.2 Å². The quantitative estimate of drug-likeness (QED) is 0.483. The predicted octanol–water partition coefficient (Wildman–Crippen LogP) is 6.64. The Labute approximate surface area is 168 Å². The van der Waals surface area contributed by atoms with Gasteiger partial charge in [0.05, 0.1) is 28.1 Å². The van der Waals surface area contributed by atoms with Gasteiger partial charge < -0.3 is 5.32 Å². The number of nitrogens with zero attached hydrogens (tertiary/aromatic N) is 2. The third-order valence-electron chi connectivity index (χ3n) is 4.56. The van der Waals surface area contributed by atoms with Gasteiger partial charge in [0.2, 0.25) is 0 Å². The van der Waals surface area contributed by atoms with E-state index < -0.39 is 17.9 Å². The van der Waals surface area contributed by atoms with E-state index in [1.54, 1.807) is 30.3 Å². The van der Waals surface area contributed by atoms with E-state index in [2.05, 4.69) is 15.3 Å². The minimum Gasteiger partial charge on any atom is -0.354 e. The van der Waals surface area contributed by atoms with Crippen LogP contribution in [0.4, 0.5) is 28.9 Å². The van der Waals surface area contributed by atoms with Crippen molar-refractivity contribution in [2.45, 2.75) is 18.8 Å². The third kappa shape index (κ3) is 3.96. The van der Waals surface area contributed by atoms with Crippen LogP contribution < -0.4 is 5.32 Å². The molecular formula is C21H14ClF4N3. The van der Waals surface area contributed by atoms with Gasteiger partial charge in [-0.25, -0.2) is 9.37 Å². The Morgan fingerprint density at radius 1 is 1.10 bits per heavy atom. The molecule has 1 aliphatic carbocycles. The van der Waals surface area contributed by atoms with E-state index in [1.807, 2.05) is 0 Å². The molecule has 1 unspecified atom stereocenters. The lowest BCUT2D eigenvalue weighted by molar-refractivity contribution is -0.137. The average Bonchev–Trinajstić information content (AvgIpc) is 2.69. The first-order valence-corrected chi connectivity index (χ1v) is 9.10. The Kier molecular flexibility index (Phi) is 5.00. The number of rotatable bonds is 3. The first-order valence-electron chi connectivity index (χ1n) is 8.72. The van der Waals surface area contributed by atoms with Crippen LogP contribution in [0.25, 0.3) is 16.5 Å². The minimum atomic E-state index is -4.57. The average molecular weight is 420 g/mol. The largest absolute Gasteiger partial charge is 0.419 e. The van der Waals surface area contributed by atoms with Crippen molar-refractivity contribution in [2.24, 2.45) is 0 Å². The number of para-hydroxylation sites is 1. The molecule has 0 saturated carbocycles. The number of nitrogens with one attached hydrogen (secondary N) is 1. The fourth-order valence-corrected chi connectivity index (χ4v) is 3.38. The van der Waals surface area contributed by atoms with E-state index in [0.717, 1.165) is 6.20 Å². The molecule has 2 aromatic heterocycles. The molecule has 1 aromatic carbocycles. The van der Waals surface area contributed by atoms with Crippen molar-refractivity contribution in [3.05, 3.63) is 77.2 Å². The van der Waals surface area contributed by atoms with Gasteiger partial charge in [0.25, 0.3) is 0 Å². The summed E-state index contributed by atoms with van der Waals surface area (Å²) in [6.07, 6.45) is -0.662. The lowest BCUT2D eigenvalue weighted by Gasteiger charge is -2.19. The zero-order valence-electron chi connectivity index (χ0n) is 14.8. The molecule has 1 aliphatic rings. The van der Waals surface area contributed by atoms with Gasteiger partial charge in [-0.15, -0.1) is 0 Å². The number of pyridine rings is 2. The Bertz CT molecular complexity index is 1140. The van der Waals surface area contributed by atoms with E-state index in [9.17, 15) is 17.6 Å². The summed E-state index contributed by atoms with van der Waals surface area (Å²) in [7, 11) is 0. The summed E-state index contributed by atoms with van der Waals surface area (Å²) in [5, 5.41) is 3.83. The van der Waals surface area contributed by atoms with E-state index in [0.29, 0.717) is 27.3 Å². The summed E-state index contributed by atoms with van der Waals surface area (Å²) >= 11 is 6.03. The molecule has 1 atom stereocenters. The van der Waals surface area contributed by atoms with Crippen LogP contribution in [0.5, 0.6) is 0 Å². The van der Waals surface area contributed by atoms with Crippen LogP contribution in [0, 0.1) is 0 Å². The second-order valence-electron chi connectivity index (χ2n) is 6.51. The van der Waals surface area contributed by atoms with Crippen LogP contribution in [0.2, 0.25) is 0 Å². The summed E-state index contributed by atoms with van der Waals surface area (Å²) in [4.78, 5) is 8.06. The summed E-state index contributed by atoms with van der Waals surface area (Å²) < 4.78 is 54.6. The molecule has 0 aliphatic heterocycles. The highest BCUT2D eigenvalue weighted by Gasteiger charge is 2.34. The molecule has 0 amide bonds. The Morgan fingerprint density at radius 3 is 2.69 bits per heavy atom. The molecule has 3 aromatic rings. The maximum absolute atomic E-state index is 14.5. The maximum atomic E-state index is 14.5. The molecule has 8 heteroatoms. The first kappa shape index (κ1) is 19.4. The van der Waals surface area contributed by atoms with Crippen molar-refractivity contribution in [1.82, 2.24) is 9.97 Å². The summed E-state index contributed by atoms with van der Waals surface area (Å²) in [5.74, 6) is 0. The Hall–Kier alpha value is -2.93. The molecule has 0 spiro atoms. The van der Waals surface area contributed by atoms with Crippen LogP contribution in [0.3, 0.4) is 0 Å². The van der Waals surface area contributed by atoms with Crippen molar-refractivity contribution in [2.75, 3.05) is 5.32 Å². The van der Waals surface area contributed by atoms with Gasteiger partial charge in [0, 0.05) is 34.8 Å². The SMILES string of the molecule is FC1CC=C(Cl)C=C1c1cc(Nc2ccncc2C(F)(F)F)c2ccccc2n1. The number of benzene rings is 1. The molecule has 0 bridgehead atoms. The standard InChI is InChI=1S/C21H14ClF4N3/c22-12-5-6-16(23)14(9-12)20-10-19(13-3-1-2-4-17(13)28-20)29-18-7-8-27-11-15(18)21(24,25)26/h1-5,7-11,16H,6H2,(H,27,28,29). The Morgan fingerprint density at radius 2 is 1.90 bits per heavy atom. The third-order valence-corrected chi connectivity index (χ3v) is 4.82. The number of allylic oxidation sites excluding steroid dienone is 4. The van der Waals surface area contributed by atoms with Crippen molar-refractivity contribution in [1.29, 1.82) is 0 Å². The first-order chi connectivity index (χ1) is 13.8. The van der Waals surface area contributed by atoms with E-state index in [1.165, 1.54) is 24.4 Å². The van der Waals surface area contributed by atoms with E-state index in [-0.39, 0.29) is 17.7 Å². The molecular weight excluding hydrogens is 406 g/mol. The van der Waals surface area contributed by atoms with Crippen LogP contribution in [0.15, 0.2) is 66.0 Å². The maximum Gasteiger partial charge on any atom is 0.419 e. The number of alkyl halides is 4. The number of hydrogen-bond acceptors (Lipinski definition) is 3. The smallest absolute Gasteiger partial charge is 0.354 e. The number of aromatic nitrogens is 2. The molecule has 148 valence electrons. The highest BCUT2D eigenvalue weighted by atomic mass is 35.5. The molecule has 0 fully saturated rings. The normalized spacial score (nSPS) is 17.1. The molecule has 2 heterocycles. The van der Waals surface area contributed by atoms with Gasteiger partial charge in [0.1, 0.15) is 6.17 Å². The van der Waals surface area contributed by atoms with Gasteiger partial charge in [-0.1, -0.05) is 35.9 Å². The summed E-state index contributed by atoms with van der Waals surface area (Å²) in [6, 6.07) is 9.74. The van der Waals surface area contributed by atoms with Crippen molar-refractivity contribution < 1.29 is 17.6 Å². The molecule has 0 radical (unpaired) electrons. The van der Waals surface area contributed by atoms with E-state index >= 15 is 0 Å². The molecule has 29 heavy (non-hydrogen) atoms. The molecule has 1 N–H and O–H groups in total. The second kappa shape index (κ2) is 7.48. The Balaban J connectivity index is 1.86. The zero-order valence-corrected chi connectivity index (χ0v) is 15.6. The number of halogens is 5. The number of anilines is 2. The lowest BCUT2D eigenvalue weighted by atomic mass is 9.98. The fraction of sp³-hybridized carbons (Fsp3) is 0.143.